The number of piperazine rings is 1. The van der Waals surface area contributed by atoms with Gasteiger partial charge in [-0.25, -0.2) is 4.39 Å². The minimum atomic E-state index is -0.305. The molecule has 0 aliphatic carbocycles. The molecule has 0 saturated carbocycles. The van der Waals surface area contributed by atoms with Crippen LogP contribution in [0.25, 0.3) is 0 Å². The molecule has 1 amide bonds. The van der Waals surface area contributed by atoms with E-state index >= 15 is 0 Å². The number of fused-ring (bicyclic) bond motifs is 1. The van der Waals surface area contributed by atoms with Gasteiger partial charge in [-0.05, 0) is 54.9 Å². The van der Waals surface area contributed by atoms with E-state index < -0.39 is 0 Å². The molecule has 0 atom stereocenters. The van der Waals surface area contributed by atoms with E-state index in [0.717, 1.165) is 50.4 Å². The van der Waals surface area contributed by atoms with E-state index in [1.807, 2.05) is 24.3 Å². The lowest BCUT2D eigenvalue weighted by molar-refractivity contribution is 0.102. The van der Waals surface area contributed by atoms with Crippen molar-refractivity contribution in [1.29, 1.82) is 0 Å². The van der Waals surface area contributed by atoms with Gasteiger partial charge in [0, 0.05) is 44.8 Å². The molecular weight excluding hydrogens is 355 g/mol. The van der Waals surface area contributed by atoms with Gasteiger partial charge < -0.3 is 15.5 Å². The van der Waals surface area contributed by atoms with Crippen LogP contribution in [0.3, 0.4) is 0 Å². The first-order valence-corrected chi connectivity index (χ1v) is 9.92. The van der Waals surface area contributed by atoms with Crippen LogP contribution in [-0.4, -0.2) is 55.5 Å². The first kappa shape index (κ1) is 19.1. The topological polar surface area (TPSA) is 47.6 Å². The third kappa shape index (κ3) is 4.24. The van der Waals surface area contributed by atoms with Crippen LogP contribution >= 0.6 is 0 Å². The number of nitrogens with zero attached hydrogens (tertiary/aromatic N) is 2. The molecule has 5 nitrogen and oxygen atoms in total. The van der Waals surface area contributed by atoms with Crippen molar-refractivity contribution >= 4 is 11.6 Å². The van der Waals surface area contributed by atoms with Crippen molar-refractivity contribution < 1.29 is 9.18 Å². The normalized spacial score (nSPS) is 17.9. The molecule has 2 aliphatic rings. The monoisotopic (exact) mass is 382 g/mol. The molecule has 2 aliphatic heterocycles. The van der Waals surface area contributed by atoms with Gasteiger partial charge in [0.1, 0.15) is 5.82 Å². The number of rotatable bonds is 4. The zero-order valence-corrected chi connectivity index (χ0v) is 16.3. The highest BCUT2D eigenvalue weighted by Gasteiger charge is 2.19. The molecule has 2 N–H and O–H groups in total. The number of likely N-dealkylation sites (N-methyl/N-ethyl adjacent to an activating group) is 1. The molecule has 0 spiro atoms. The van der Waals surface area contributed by atoms with Crippen LogP contribution in [0.1, 0.15) is 27.0 Å². The summed E-state index contributed by atoms with van der Waals surface area (Å²) in [5.74, 6) is -0.575. The van der Waals surface area contributed by atoms with Crippen molar-refractivity contribution in [2.75, 3.05) is 45.1 Å². The second kappa shape index (κ2) is 8.39. The number of benzene rings is 2. The molecule has 1 fully saturated rings. The molecule has 28 heavy (non-hydrogen) atoms. The summed E-state index contributed by atoms with van der Waals surface area (Å²) in [4.78, 5) is 17.4. The number of carbonyl (C=O) groups is 1. The third-order valence-electron chi connectivity index (χ3n) is 5.65. The van der Waals surface area contributed by atoms with E-state index in [2.05, 4.69) is 27.5 Å². The molecule has 0 radical (unpaired) electrons. The van der Waals surface area contributed by atoms with Crippen LogP contribution in [0.5, 0.6) is 0 Å². The molecule has 4 rings (SSSR count). The minimum Gasteiger partial charge on any atom is -0.319 e. The number of amides is 1. The van der Waals surface area contributed by atoms with Gasteiger partial charge in [-0.15, -0.1) is 0 Å². The standard InChI is InChI=1S/C22H27FN4O/c1-26-9-11-27(12-10-26)15-16-3-2-4-17(13-16)22(28)25-20-6-5-18-14-24-8-7-19(18)21(20)23/h2-6,13,24H,7-12,14-15H2,1H3,(H,25,28). The number of hydrogen-bond donors (Lipinski definition) is 2. The average Bonchev–Trinajstić information content (AvgIpc) is 2.72. The van der Waals surface area contributed by atoms with Crippen molar-refractivity contribution in [1.82, 2.24) is 15.1 Å². The van der Waals surface area contributed by atoms with Crippen molar-refractivity contribution in [3.05, 3.63) is 64.5 Å². The lowest BCUT2D eigenvalue weighted by atomic mass is 9.99. The Hall–Kier alpha value is -2.28. The second-order valence-corrected chi connectivity index (χ2v) is 7.73. The molecule has 148 valence electrons. The third-order valence-corrected chi connectivity index (χ3v) is 5.65. The summed E-state index contributed by atoms with van der Waals surface area (Å²) in [6.45, 7) is 6.45. The number of hydrogen-bond acceptors (Lipinski definition) is 4. The van der Waals surface area contributed by atoms with Crippen molar-refractivity contribution in [3.8, 4) is 0 Å². The Morgan fingerprint density at radius 3 is 2.82 bits per heavy atom. The molecular formula is C22H27FN4O. The summed E-state index contributed by atoms with van der Waals surface area (Å²) in [5, 5.41) is 5.99. The Kier molecular flexibility index (Phi) is 5.71. The summed E-state index contributed by atoms with van der Waals surface area (Å²) in [7, 11) is 2.14. The van der Waals surface area contributed by atoms with Crippen LogP contribution in [0.4, 0.5) is 10.1 Å². The minimum absolute atomic E-state index is 0.259. The van der Waals surface area contributed by atoms with Crippen molar-refractivity contribution in [3.63, 3.8) is 0 Å². The average molecular weight is 382 g/mol. The van der Waals surface area contributed by atoms with E-state index in [0.29, 0.717) is 24.1 Å². The van der Waals surface area contributed by atoms with Crippen LogP contribution in [0, 0.1) is 5.82 Å². The van der Waals surface area contributed by atoms with Crippen molar-refractivity contribution in [2.24, 2.45) is 0 Å². The molecule has 6 heteroatoms. The maximum absolute atomic E-state index is 14.8. The van der Waals surface area contributed by atoms with Gasteiger partial charge in [-0.2, -0.15) is 0 Å². The SMILES string of the molecule is CN1CCN(Cc2cccc(C(=O)Nc3ccc4c(c3F)CCNC4)c2)CC1. The van der Waals surface area contributed by atoms with Crippen LogP contribution < -0.4 is 10.6 Å². The van der Waals surface area contributed by atoms with E-state index in [9.17, 15) is 9.18 Å². The summed E-state index contributed by atoms with van der Waals surface area (Å²) < 4.78 is 14.8. The highest BCUT2D eigenvalue weighted by molar-refractivity contribution is 6.04. The predicted molar refractivity (Wildman–Crippen MR) is 109 cm³/mol. The first-order chi connectivity index (χ1) is 13.6. The number of halogens is 1. The van der Waals surface area contributed by atoms with E-state index in [1.54, 1.807) is 12.1 Å². The Morgan fingerprint density at radius 1 is 1.18 bits per heavy atom. The Balaban J connectivity index is 1.45. The predicted octanol–water partition coefficient (Wildman–Crippen LogP) is 2.47. The fourth-order valence-electron chi connectivity index (χ4n) is 3.90. The number of carbonyl (C=O) groups excluding carboxylic acids is 1. The Labute approximate surface area is 165 Å². The maximum atomic E-state index is 14.8. The van der Waals surface area contributed by atoms with Gasteiger partial charge in [-0.3, -0.25) is 9.69 Å². The molecule has 1 saturated heterocycles. The summed E-state index contributed by atoms with van der Waals surface area (Å²) in [6, 6.07) is 11.2. The maximum Gasteiger partial charge on any atom is 0.255 e. The van der Waals surface area contributed by atoms with Crippen LogP contribution in [0.2, 0.25) is 0 Å². The van der Waals surface area contributed by atoms with E-state index in [4.69, 9.17) is 0 Å². The molecule has 0 unspecified atom stereocenters. The fraction of sp³-hybridized carbons (Fsp3) is 0.409. The van der Waals surface area contributed by atoms with Gasteiger partial charge in [0.25, 0.3) is 5.91 Å². The summed E-state index contributed by atoms with van der Waals surface area (Å²) in [6.07, 6.45) is 0.644. The Morgan fingerprint density at radius 2 is 2.00 bits per heavy atom. The zero-order chi connectivity index (χ0) is 19.5. The smallest absolute Gasteiger partial charge is 0.255 e. The quantitative estimate of drug-likeness (QED) is 0.853. The molecule has 2 heterocycles. The second-order valence-electron chi connectivity index (χ2n) is 7.73. The highest BCUT2D eigenvalue weighted by atomic mass is 19.1. The molecule has 0 aromatic heterocycles. The largest absolute Gasteiger partial charge is 0.319 e. The van der Waals surface area contributed by atoms with Crippen LogP contribution in [0.15, 0.2) is 36.4 Å². The zero-order valence-electron chi connectivity index (χ0n) is 16.3. The highest BCUT2D eigenvalue weighted by Crippen LogP contribution is 2.25. The van der Waals surface area contributed by atoms with Gasteiger partial charge in [-0.1, -0.05) is 18.2 Å². The lowest BCUT2D eigenvalue weighted by Gasteiger charge is -2.32. The van der Waals surface area contributed by atoms with Gasteiger partial charge in [0.2, 0.25) is 0 Å². The van der Waals surface area contributed by atoms with Crippen molar-refractivity contribution in [2.45, 2.75) is 19.5 Å². The summed E-state index contributed by atoms with van der Waals surface area (Å²) >= 11 is 0. The molecule has 2 aromatic carbocycles. The first-order valence-electron chi connectivity index (χ1n) is 9.92. The van der Waals surface area contributed by atoms with E-state index in [1.165, 1.54) is 0 Å². The summed E-state index contributed by atoms with van der Waals surface area (Å²) in [5.41, 5.74) is 3.60. The lowest BCUT2D eigenvalue weighted by Crippen LogP contribution is -2.43. The number of nitrogens with one attached hydrogen (secondary N) is 2. The fourth-order valence-corrected chi connectivity index (χ4v) is 3.90. The molecule has 0 bridgehead atoms. The van der Waals surface area contributed by atoms with E-state index in [-0.39, 0.29) is 17.4 Å². The molecule has 2 aromatic rings. The van der Waals surface area contributed by atoms with Gasteiger partial charge >= 0.3 is 0 Å². The van der Waals surface area contributed by atoms with Gasteiger partial charge in [0.15, 0.2) is 0 Å². The van der Waals surface area contributed by atoms with Gasteiger partial charge in [0.05, 0.1) is 5.69 Å². The van der Waals surface area contributed by atoms with Crippen LogP contribution in [-0.2, 0) is 19.5 Å². The number of anilines is 1. The Bertz CT molecular complexity index is 862.